The van der Waals surface area contributed by atoms with E-state index in [1.165, 1.54) is 12.3 Å². The highest BCUT2D eigenvalue weighted by Gasteiger charge is 2.19. The van der Waals surface area contributed by atoms with Gasteiger partial charge in [0, 0.05) is 5.92 Å². The first-order valence-corrected chi connectivity index (χ1v) is 5.14. The smallest absolute Gasteiger partial charge is 0.237 e. The van der Waals surface area contributed by atoms with Gasteiger partial charge in [0.2, 0.25) is 6.33 Å². The van der Waals surface area contributed by atoms with Crippen LogP contribution in [0.5, 0.6) is 0 Å². The highest BCUT2D eigenvalue weighted by molar-refractivity contribution is 5.34. The van der Waals surface area contributed by atoms with Crippen LogP contribution in [-0.4, -0.2) is 4.57 Å². The zero-order valence-corrected chi connectivity index (χ0v) is 8.56. The number of imidazole rings is 1. The lowest BCUT2D eigenvalue weighted by atomic mass is 10.1. The van der Waals surface area contributed by atoms with E-state index in [0.717, 1.165) is 13.1 Å². The van der Waals surface area contributed by atoms with Crippen LogP contribution in [0, 0.1) is 31.6 Å². The number of aromatic nitrogens is 2. The van der Waals surface area contributed by atoms with Crippen LogP contribution in [-0.2, 0) is 13.1 Å². The molecule has 0 amide bonds. The van der Waals surface area contributed by atoms with Crippen molar-refractivity contribution in [3.63, 3.8) is 0 Å². The summed E-state index contributed by atoms with van der Waals surface area (Å²) >= 11 is 0. The lowest BCUT2D eigenvalue weighted by molar-refractivity contribution is -0.691. The van der Waals surface area contributed by atoms with Crippen molar-refractivity contribution < 1.29 is 4.57 Å². The van der Waals surface area contributed by atoms with Gasteiger partial charge in [0.15, 0.2) is 0 Å². The van der Waals surface area contributed by atoms with Crippen molar-refractivity contribution in [2.24, 2.45) is 0 Å². The largest absolute Gasteiger partial charge is 0.243 e. The van der Waals surface area contributed by atoms with Gasteiger partial charge in [-0.15, -0.1) is 0 Å². The summed E-state index contributed by atoms with van der Waals surface area (Å²) in [4.78, 5) is 0. The second-order valence-electron chi connectivity index (χ2n) is 3.62. The van der Waals surface area contributed by atoms with Crippen molar-refractivity contribution >= 4 is 0 Å². The fourth-order valence-corrected chi connectivity index (χ4v) is 1.65. The molecule has 14 heavy (non-hydrogen) atoms. The molecule has 73 valence electrons. The highest BCUT2D eigenvalue weighted by Crippen LogP contribution is 2.22. The van der Waals surface area contributed by atoms with Crippen molar-refractivity contribution in [1.82, 2.24) is 4.57 Å². The molecule has 5 radical (unpaired) electrons. The van der Waals surface area contributed by atoms with Gasteiger partial charge in [0.25, 0.3) is 0 Å². The van der Waals surface area contributed by atoms with E-state index in [2.05, 4.69) is 60.5 Å². The monoisotopic (exact) mass is 188 g/mol. The Hall–Kier alpha value is -0.790. The molecule has 0 aliphatic heterocycles. The lowest BCUT2D eigenvalue weighted by Gasteiger charge is -2.02. The minimum absolute atomic E-state index is 0.976. The first kappa shape index (κ1) is 9.75. The van der Waals surface area contributed by atoms with Crippen LogP contribution >= 0.6 is 0 Å². The van der Waals surface area contributed by atoms with E-state index >= 15 is 0 Å². The van der Waals surface area contributed by atoms with Crippen LogP contribution < -0.4 is 4.57 Å². The molecule has 0 saturated heterocycles. The molecule has 1 heterocycles. The summed E-state index contributed by atoms with van der Waals surface area (Å²) in [5, 5.41) is 0. The normalized spacial score (nSPS) is 17.8. The van der Waals surface area contributed by atoms with Gasteiger partial charge in [0.05, 0.1) is 13.1 Å². The number of aryl methyl sites for hydroxylation is 1. The van der Waals surface area contributed by atoms with Gasteiger partial charge in [-0.25, -0.2) is 9.13 Å². The van der Waals surface area contributed by atoms with E-state index < -0.39 is 0 Å². The Morgan fingerprint density at radius 1 is 1.29 bits per heavy atom. The van der Waals surface area contributed by atoms with E-state index in [0.29, 0.717) is 0 Å². The van der Waals surface area contributed by atoms with E-state index in [4.69, 9.17) is 0 Å². The third-order valence-electron chi connectivity index (χ3n) is 2.32. The fraction of sp³-hybridized carbons (Fsp3) is 0.333. The van der Waals surface area contributed by atoms with Crippen LogP contribution in [0.15, 0.2) is 18.7 Å². The fourth-order valence-electron chi connectivity index (χ4n) is 1.65. The van der Waals surface area contributed by atoms with Crippen molar-refractivity contribution in [2.75, 3.05) is 0 Å². The maximum atomic E-state index is 2.23. The van der Waals surface area contributed by atoms with Crippen molar-refractivity contribution in [2.45, 2.75) is 26.4 Å². The molecule has 1 fully saturated rings. The summed E-state index contributed by atoms with van der Waals surface area (Å²) in [7, 11) is 0. The Bertz CT molecular complexity index is 272. The highest BCUT2D eigenvalue weighted by atomic mass is 15.1. The molecule has 0 bridgehead atoms. The summed E-state index contributed by atoms with van der Waals surface area (Å²) in [6.45, 7) is 4.28. The van der Waals surface area contributed by atoms with Gasteiger partial charge in [0.1, 0.15) is 12.4 Å². The molecular weight excluding hydrogens is 172 g/mol. The number of hydrogen-bond donors (Lipinski definition) is 0. The topological polar surface area (TPSA) is 8.81 Å². The second-order valence-corrected chi connectivity index (χ2v) is 3.62. The summed E-state index contributed by atoms with van der Waals surface area (Å²) in [5.74, 6) is 1.37. The molecule has 1 aliphatic carbocycles. The van der Waals surface area contributed by atoms with Gasteiger partial charge < -0.3 is 0 Å². The molecule has 2 rings (SSSR count). The average Bonchev–Trinajstić information content (AvgIpc) is 2.79. The van der Waals surface area contributed by atoms with Gasteiger partial charge in [-0.3, -0.25) is 0 Å². The third-order valence-corrected chi connectivity index (χ3v) is 2.32. The molecule has 1 aromatic heterocycles. The summed E-state index contributed by atoms with van der Waals surface area (Å²) < 4.78 is 4.44. The molecule has 1 aliphatic rings. The van der Waals surface area contributed by atoms with Crippen molar-refractivity contribution in [3.05, 3.63) is 50.3 Å². The molecule has 0 unspecified atom stereocenters. The molecule has 1 saturated carbocycles. The maximum Gasteiger partial charge on any atom is 0.243 e. The number of nitrogens with zero attached hydrogens (tertiary/aromatic N) is 2. The van der Waals surface area contributed by atoms with Crippen LogP contribution in [0.25, 0.3) is 0 Å². The molecule has 2 heteroatoms. The predicted molar refractivity (Wildman–Crippen MR) is 55.4 cm³/mol. The SMILES string of the molecule is CCCn1cc[n+](C[C]2[CH][CH][CH][CH]2)c1. The number of hydrogen-bond acceptors (Lipinski definition) is 0. The van der Waals surface area contributed by atoms with Crippen molar-refractivity contribution in [1.29, 1.82) is 0 Å². The number of rotatable bonds is 4. The lowest BCUT2D eigenvalue weighted by Crippen LogP contribution is -2.34. The van der Waals surface area contributed by atoms with E-state index in [1.807, 2.05) is 0 Å². The van der Waals surface area contributed by atoms with E-state index in [9.17, 15) is 0 Å². The first-order chi connectivity index (χ1) is 6.88. The summed E-state index contributed by atoms with van der Waals surface area (Å²) in [6, 6.07) is 0. The predicted octanol–water partition coefficient (Wildman–Crippen LogP) is 1.59. The zero-order chi connectivity index (χ0) is 9.80. The molecule has 0 spiro atoms. The molecule has 0 atom stereocenters. The molecular formula is C12H16N2+. The molecule has 0 N–H and O–H groups in total. The minimum atomic E-state index is 0.976. The maximum absolute atomic E-state index is 2.23. The quantitative estimate of drug-likeness (QED) is 0.634. The Morgan fingerprint density at radius 2 is 2.07 bits per heavy atom. The third kappa shape index (κ3) is 2.37. The van der Waals surface area contributed by atoms with Crippen molar-refractivity contribution in [3.8, 4) is 0 Å². The Kier molecular flexibility index (Phi) is 3.22. The van der Waals surface area contributed by atoms with Gasteiger partial charge >= 0.3 is 0 Å². The average molecular weight is 188 g/mol. The zero-order valence-electron chi connectivity index (χ0n) is 8.56. The van der Waals surface area contributed by atoms with Crippen LogP contribution in [0.1, 0.15) is 13.3 Å². The van der Waals surface area contributed by atoms with Gasteiger partial charge in [-0.05, 0) is 32.1 Å². The molecule has 0 aromatic carbocycles. The minimum Gasteiger partial charge on any atom is -0.237 e. The Morgan fingerprint density at radius 3 is 2.79 bits per heavy atom. The Labute approximate surface area is 86.6 Å². The van der Waals surface area contributed by atoms with E-state index in [-0.39, 0.29) is 0 Å². The summed E-state index contributed by atoms with van der Waals surface area (Å²) in [6.07, 6.45) is 16.1. The van der Waals surface area contributed by atoms with Gasteiger partial charge in [-0.2, -0.15) is 0 Å². The van der Waals surface area contributed by atoms with Crippen LogP contribution in [0.4, 0.5) is 0 Å². The van der Waals surface area contributed by atoms with Crippen LogP contribution in [0.2, 0.25) is 0 Å². The first-order valence-electron chi connectivity index (χ1n) is 5.14. The summed E-state index contributed by atoms with van der Waals surface area (Å²) in [5.41, 5.74) is 0. The standard InChI is InChI=1S/C12H16N2/c1-2-7-13-8-9-14(11-13)10-12-5-3-4-6-12/h3-6,8-9,11H,2,7,10H2,1H3/q+1. The second kappa shape index (κ2) is 4.63. The van der Waals surface area contributed by atoms with E-state index in [1.54, 1.807) is 0 Å². The molecule has 1 aromatic rings. The van der Waals surface area contributed by atoms with Crippen LogP contribution in [0.3, 0.4) is 0 Å². The molecule has 2 nitrogen and oxygen atoms in total. The van der Waals surface area contributed by atoms with Gasteiger partial charge in [-0.1, -0.05) is 6.92 Å². The Balaban J connectivity index is 1.88.